The molecule has 0 aromatic carbocycles. The summed E-state index contributed by atoms with van der Waals surface area (Å²) in [4.78, 5) is 119. The minimum atomic E-state index is -1.24. The van der Waals surface area contributed by atoms with Gasteiger partial charge in [-0.15, -0.1) is 0 Å². The molecule has 30 nitrogen and oxygen atoms in total. The summed E-state index contributed by atoms with van der Waals surface area (Å²) in [5.74, 6) is -5.61. The van der Waals surface area contributed by atoms with Crippen molar-refractivity contribution in [2.75, 3.05) is 119 Å². The van der Waals surface area contributed by atoms with Crippen LogP contribution in [0.15, 0.2) is 0 Å². The van der Waals surface area contributed by atoms with Crippen LogP contribution in [-0.4, -0.2) is 240 Å². The molecule has 0 aliphatic carbocycles. The third-order valence-corrected chi connectivity index (χ3v) is 10.6. The molecular formula is C49H80N4O26. The Morgan fingerprint density at radius 1 is 0.367 bits per heavy atom. The van der Waals surface area contributed by atoms with Gasteiger partial charge in [0, 0.05) is 94.5 Å². The highest BCUT2D eigenvalue weighted by Gasteiger charge is 2.52. The van der Waals surface area contributed by atoms with Crippen molar-refractivity contribution >= 4 is 59.4 Å². The molecule has 2 aliphatic heterocycles. The molecule has 10 atom stereocenters. The Hall–Kier alpha value is -5.70. The molecule has 0 radical (unpaired) electrons. The Morgan fingerprint density at radius 2 is 0.684 bits per heavy atom. The first-order valence-electron chi connectivity index (χ1n) is 25.7. The van der Waals surface area contributed by atoms with Gasteiger partial charge in [-0.1, -0.05) is 0 Å². The van der Waals surface area contributed by atoms with Crippen molar-refractivity contribution < 1.29 is 124 Å². The standard InChI is InChI=1S/C49H80N4O26/c1-30(54)52-42-46(76-36(7)60)44(74-34(5)58)38(28-72-32(3)56)78-48(42)70-26-24-68-22-20-66-18-12-50-40(62)10-16-64-14-9-15-65-17-11-41(63)51-13-19-67-21-23-69-25-27-71-49-43(53-31(2)55)47(77-37(8)61)45(75-35(6)59)39(79-49)29-73-33(4)57/h38-39,42-49H,9-29H2,1-8H3,(H,50,62)(H,51,63)(H,52,54)(H,53,55)/t38?,39?,42-,43?,44?,45?,46+,47+,48?,49+/m0/s1. The average molecular weight is 1140 g/mol. The molecule has 0 spiro atoms. The summed E-state index contributed by atoms with van der Waals surface area (Å²) >= 11 is 0. The van der Waals surface area contributed by atoms with Crippen LogP contribution >= 0.6 is 0 Å². The molecule has 2 heterocycles. The first-order chi connectivity index (χ1) is 37.7. The highest BCUT2D eigenvalue weighted by Crippen LogP contribution is 2.29. The van der Waals surface area contributed by atoms with E-state index in [0.29, 0.717) is 19.6 Å². The third-order valence-electron chi connectivity index (χ3n) is 10.6. The zero-order valence-electron chi connectivity index (χ0n) is 46.2. The van der Waals surface area contributed by atoms with E-state index in [0.717, 1.165) is 27.7 Å². The quantitative estimate of drug-likeness (QED) is 0.0288. The van der Waals surface area contributed by atoms with Crippen LogP contribution in [0.2, 0.25) is 0 Å². The van der Waals surface area contributed by atoms with E-state index >= 15 is 0 Å². The minimum Gasteiger partial charge on any atom is -0.463 e. The Bertz CT molecular complexity index is 1770. The van der Waals surface area contributed by atoms with Crippen LogP contribution in [0.1, 0.15) is 74.7 Å². The van der Waals surface area contributed by atoms with Crippen molar-refractivity contribution in [3.63, 3.8) is 0 Å². The minimum absolute atomic E-state index is 0.0384. The lowest BCUT2D eigenvalue weighted by Crippen LogP contribution is -2.66. The second-order valence-corrected chi connectivity index (χ2v) is 17.4. The van der Waals surface area contributed by atoms with E-state index in [2.05, 4.69) is 21.3 Å². The monoisotopic (exact) mass is 1140 g/mol. The number of ether oxygens (including phenoxy) is 16. The van der Waals surface area contributed by atoms with Crippen LogP contribution < -0.4 is 21.3 Å². The SMILES string of the molecule is CC(=O)NC1[C@H](OCCOCCOCCNC(=O)CCOCCCOCCC(=O)NCCOCCOCCOC2OC(COC(C)=O)C(OC(C)=O)[C@H](OC(C)=O)[C@@H]2NC(C)=O)OC(COC(C)=O)C(OC(C)=O)[C@@H]1OC(C)=O. The fourth-order valence-corrected chi connectivity index (χ4v) is 7.46. The van der Waals surface area contributed by atoms with Crippen LogP contribution in [0, 0.1) is 0 Å². The molecule has 2 aliphatic rings. The Kier molecular flexibility index (Phi) is 35.6. The number of nitrogens with one attached hydrogen (secondary N) is 4. The van der Waals surface area contributed by atoms with Crippen molar-refractivity contribution in [3.8, 4) is 0 Å². The second kappa shape index (κ2) is 40.5. The van der Waals surface area contributed by atoms with E-state index in [4.69, 9.17) is 75.8 Å². The van der Waals surface area contributed by atoms with Gasteiger partial charge in [0.2, 0.25) is 23.6 Å². The molecule has 4 amide bonds. The highest BCUT2D eigenvalue weighted by molar-refractivity contribution is 5.76. The predicted molar refractivity (Wildman–Crippen MR) is 265 cm³/mol. The molecule has 2 rings (SSSR count). The Balaban J connectivity index is 1.49. The molecule has 0 bridgehead atoms. The lowest BCUT2D eigenvalue weighted by atomic mass is 9.96. The molecule has 452 valence electrons. The molecule has 2 fully saturated rings. The number of hydrogen-bond donors (Lipinski definition) is 4. The van der Waals surface area contributed by atoms with Crippen LogP contribution in [-0.2, 0) is 124 Å². The fraction of sp³-hybridized carbons (Fsp3) is 0.796. The van der Waals surface area contributed by atoms with Crippen LogP contribution in [0.25, 0.3) is 0 Å². The highest BCUT2D eigenvalue weighted by atomic mass is 16.7. The van der Waals surface area contributed by atoms with Gasteiger partial charge < -0.3 is 97.1 Å². The summed E-state index contributed by atoms with van der Waals surface area (Å²) in [6, 6.07) is -2.20. The maximum atomic E-state index is 12.2. The number of hydrogen-bond acceptors (Lipinski definition) is 26. The summed E-state index contributed by atoms with van der Waals surface area (Å²) in [5, 5.41) is 10.7. The number of carbonyl (C=O) groups excluding carboxylic acids is 10. The predicted octanol–water partition coefficient (Wildman–Crippen LogP) is -2.17. The van der Waals surface area contributed by atoms with Crippen molar-refractivity contribution in [2.24, 2.45) is 0 Å². The lowest BCUT2D eigenvalue weighted by molar-refractivity contribution is -0.279. The molecule has 79 heavy (non-hydrogen) atoms. The topological polar surface area (TPSA) is 366 Å². The van der Waals surface area contributed by atoms with Crippen LogP contribution in [0.3, 0.4) is 0 Å². The Labute approximate surface area is 458 Å². The second-order valence-electron chi connectivity index (χ2n) is 17.4. The number of rotatable bonds is 40. The molecule has 0 saturated carbocycles. The molecular weight excluding hydrogens is 1060 g/mol. The summed E-state index contributed by atoms with van der Waals surface area (Å²) in [6.45, 7) is 11.6. The molecule has 2 saturated heterocycles. The van der Waals surface area contributed by atoms with Gasteiger partial charge in [-0.25, -0.2) is 0 Å². The summed E-state index contributed by atoms with van der Waals surface area (Å²) < 4.78 is 88.4. The Morgan fingerprint density at radius 3 is 1.01 bits per heavy atom. The maximum Gasteiger partial charge on any atom is 0.303 e. The van der Waals surface area contributed by atoms with Gasteiger partial charge in [-0.2, -0.15) is 0 Å². The van der Waals surface area contributed by atoms with Gasteiger partial charge in [-0.05, 0) is 6.42 Å². The largest absolute Gasteiger partial charge is 0.463 e. The van der Waals surface area contributed by atoms with Crippen molar-refractivity contribution in [2.45, 2.75) is 136 Å². The van der Waals surface area contributed by atoms with Gasteiger partial charge in [0.15, 0.2) is 37.0 Å². The van der Waals surface area contributed by atoms with E-state index in [1.807, 2.05) is 0 Å². The number of esters is 6. The van der Waals surface area contributed by atoms with Crippen LogP contribution in [0.5, 0.6) is 0 Å². The van der Waals surface area contributed by atoms with E-state index in [9.17, 15) is 47.9 Å². The van der Waals surface area contributed by atoms with Gasteiger partial charge in [0.1, 0.15) is 37.5 Å². The first-order valence-corrected chi connectivity index (χ1v) is 25.7. The molecule has 0 aromatic rings. The summed E-state index contributed by atoms with van der Waals surface area (Å²) in [7, 11) is 0. The lowest BCUT2D eigenvalue weighted by Gasteiger charge is -2.44. The van der Waals surface area contributed by atoms with Crippen molar-refractivity contribution in [1.82, 2.24) is 21.3 Å². The zero-order chi connectivity index (χ0) is 58.5. The van der Waals surface area contributed by atoms with Gasteiger partial charge in [0.25, 0.3) is 0 Å². The third kappa shape index (κ3) is 31.6. The number of carbonyl (C=O) groups is 10. The molecule has 6 unspecified atom stereocenters. The molecule has 0 aromatic heterocycles. The van der Waals surface area contributed by atoms with Crippen molar-refractivity contribution in [1.29, 1.82) is 0 Å². The average Bonchev–Trinajstić information content (AvgIpc) is 3.38. The smallest absolute Gasteiger partial charge is 0.303 e. The number of amides is 4. The maximum absolute atomic E-state index is 12.2. The normalized spacial score (nSPS) is 22.5. The van der Waals surface area contributed by atoms with E-state index < -0.39 is 109 Å². The van der Waals surface area contributed by atoms with E-state index in [1.54, 1.807) is 0 Å². The van der Waals surface area contributed by atoms with E-state index in [1.165, 1.54) is 27.7 Å². The summed E-state index contributed by atoms with van der Waals surface area (Å²) in [6.07, 6.45) is -8.75. The fourth-order valence-electron chi connectivity index (χ4n) is 7.46. The van der Waals surface area contributed by atoms with Crippen molar-refractivity contribution in [3.05, 3.63) is 0 Å². The zero-order valence-corrected chi connectivity index (χ0v) is 46.2. The first kappa shape index (κ1) is 69.4. The van der Waals surface area contributed by atoms with Gasteiger partial charge in [0.05, 0.1) is 79.3 Å². The van der Waals surface area contributed by atoms with Gasteiger partial charge >= 0.3 is 35.8 Å². The summed E-state index contributed by atoms with van der Waals surface area (Å²) in [5.41, 5.74) is 0. The molecule has 30 heteroatoms. The van der Waals surface area contributed by atoms with Gasteiger partial charge in [-0.3, -0.25) is 47.9 Å². The van der Waals surface area contributed by atoms with Crippen LogP contribution in [0.4, 0.5) is 0 Å². The van der Waals surface area contributed by atoms with E-state index in [-0.39, 0.29) is 130 Å². The molecule has 4 N–H and O–H groups in total.